The van der Waals surface area contributed by atoms with Crippen LogP contribution in [-0.2, 0) is 11.2 Å². The molecule has 1 fully saturated rings. The van der Waals surface area contributed by atoms with Crippen molar-refractivity contribution in [2.45, 2.75) is 6.42 Å². The number of Topliss-reactive ketones (excluding diaryl/α,β-unsaturated/α-hetero) is 1. The third kappa shape index (κ3) is 2.19. The Labute approximate surface area is 91.0 Å². The van der Waals surface area contributed by atoms with Crippen LogP contribution in [-0.4, -0.2) is 23.9 Å². The maximum atomic E-state index is 11.6. The summed E-state index contributed by atoms with van der Waals surface area (Å²) >= 11 is 3.31. The van der Waals surface area contributed by atoms with Gasteiger partial charge in [0.25, 0.3) is 0 Å². The molecule has 0 atom stereocenters. The number of nitrogens with zero attached hydrogens (tertiary/aromatic N) is 1. The fraction of sp³-hybridized carbons (Fsp3) is 0.400. The van der Waals surface area contributed by atoms with Crippen LogP contribution >= 0.6 is 15.9 Å². The lowest BCUT2D eigenvalue weighted by molar-refractivity contribution is -0.123. The minimum Gasteiger partial charge on any atom is -0.315 e. The molecule has 2 rings (SSSR count). The maximum Gasteiger partial charge on any atom is 0.144 e. The predicted molar refractivity (Wildman–Crippen MR) is 57.0 cm³/mol. The van der Waals surface area contributed by atoms with Gasteiger partial charge in [0.2, 0.25) is 0 Å². The van der Waals surface area contributed by atoms with E-state index in [0.717, 1.165) is 23.3 Å². The molecule has 0 radical (unpaired) electrons. The second-order valence-electron chi connectivity index (χ2n) is 3.47. The van der Waals surface area contributed by atoms with Gasteiger partial charge in [-0.25, -0.2) is 0 Å². The molecule has 0 spiro atoms. The number of carbonyl (C=O) groups is 1. The second-order valence-corrected chi connectivity index (χ2v) is 4.38. The molecule has 14 heavy (non-hydrogen) atoms. The van der Waals surface area contributed by atoms with E-state index in [1.165, 1.54) is 0 Å². The highest BCUT2D eigenvalue weighted by atomic mass is 79.9. The van der Waals surface area contributed by atoms with Gasteiger partial charge in [-0.1, -0.05) is 0 Å². The molecular formula is C10H11BrN2O. The molecular weight excluding hydrogens is 244 g/mol. The highest BCUT2D eigenvalue weighted by Crippen LogP contribution is 2.11. The Balaban J connectivity index is 1.96. The van der Waals surface area contributed by atoms with Crippen LogP contribution in [0.3, 0.4) is 0 Å². The summed E-state index contributed by atoms with van der Waals surface area (Å²) in [5, 5.41) is 3.09. The van der Waals surface area contributed by atoms with Crippen molar-refractivity contribution in [1.29, 1.82) is 0 Å². The van der Waals surface area contributed by atoms with Gasteiger partial charge in [-0.3, -0.25) is 9.78 Å². The van der Waals surface area contributed by atoms with Gasteiger partial charge in [0, 0.05) is 41.8 Å². The normalized spacial score (nSPS) is 16.4. The third-order valence-electron chi connectivity index (χ3n) is 2.38. The van der Waals surface area contributed by atoms with Crippen molar-refractivity contribution in [1.82, 2.24) is 10.3 Å². The van der Waals surface area contributed by atoms with Crippen molar-refractivity contribution >= 4 is 21.7 Å². The maximum absolute atomic E-state index is 11.6. The van der Waals surface area contributed by atoms with Crippen LogP contribution < -0.4 is 5.32 Å². The number of halogens is 1. The highest BCUT2D eigenvalue weighted by molar-refractivity contribution is 9.10. The molecule has 1 aromatic rings. The van der Waals surface area contributed by atoms with Crippen LogP contribution in [0.4, 0.5) is 0 Å². The van der Waals surface area contributed by atoms with Gasteiger partial charge in [-0.2, -0.15) is 0 Å². The fourth-order valence-electron chi connectivity index (χ4n) is 1.35. The van der Waals surface area contributed by atoms with E-state index >= 15 is 0 Å². The minimum absolute atomic E-state index is 0.209. The first-order valence-corrected chi connectivity index (χ1v) is 5.39. The molecule has 2 heterocycles. The number of pyridine rings is 1. The molecule has 1 saturated heterocycles. The molecule has 0 aromatic carbocycles. The topological polar surface area (TPSA) is 42.0 Å². The molecule has 0 unspecified atom stereocenters. The number of hydrogen-bond donors (Lipinski definition) is 1. The summed E-state index contributed by atoms with van der Waals surface area (Å²) < 4.78 is 0.944. The van der Waals surface area contributed by atoms with Crippen molar-refractivity contribution in [3.8, 4) is 0 Å². The molecule has 1 aliphatic rings. The summed E-state index contributed by atoms with van der Waals surface area (Å²) in [6.45, 7) is 1.66. The lowest BCUT2D eigenvalue weighted by Crippen LogP contribution is -2.47. The van der Waals surface area contributed by atoms with E-state index in [1.807, 2.05) is 12.1 Å². The summed E-state index contributed by atoms with van der Waals surface area (Å²) in [6.07, 6.45) is 2.18. The van der Waals surface area contributed by atoms with Gasteiger partial charge in [0.1, 0.15) is 5.78 Å². The number of rotatable bonds is 3. The van der Waals surface area contributed by atoms with Crippen molar-refractivity contribution in [2.75, 3.05) is 13.1 Å². The van der Waals surface area contributed by atoms with Crippen molar-refractivity contribution < 1.29 is 4.79 Å². The van der Waals surface area contributed by atoms with E-state index < -0.39 is 0 Å². The quantitative estimate of drug-likeness (QED) is 0.881. The Kier molecular flexibility index (Phi) is 2.93. The van der Waals surface area contributed by atoms with E-state index in [0.29, 0.717) is 12.2 Å². The SMILES string of the molecule is O=C(Cc1ccc(Br)cn1)C1CNC1. The van der Waals surface area contributed by atoms with E-state index in [-0.39, 0.29) is 5.92 Å². The molecule has 0 amide bonds. The fourth-order valence-corrected chi connectivity index (χ4v) is 1.58. The van der Waals surface area contributed by atoms with Crippen molar-refractivity contribution in [3.63, 3.8) is 0 Å². The Bertz CT molecular complexity index is 332. The predicted octanol–water partition coefficient (Wildman–Crippen LogP) is 1.18. The number of ketones is 1. The second kappa shape index (κ2) is 4.19. The van der Waals surface area contributed by atoms with Gasteiger partial charge in [-0.15, -0.1) is 0 Å². The molecule has 1 N–H and O–H groups in total. The number of hydrogen-bond acceptors (Lipinski definition) is 3. The first-order valence-electron chi connectivity index (χ1n) is 4.59. The Morgan fingerprint density at radius 3 is 2.86 bits per heavy atom. The molecule has 0 aliphatic carbocycles. The Hall–Kier alpha value is -0.740. The average Bonchev–Trinajstić information content (AvgIpc) is 2.06. The largest absolute Gasteiger partial charge is 0.315 e. The van der Waals surface area contributed by atoms with Gasteiger partial charge in [0.15, 0.2) is 0 Å². The lowest BCUT2D eigenvalue weighted by Gasteiger charge is -2.25. The van der Waals surface area contributed by atoms with E-state index in [9.17, 15) is 4.79 Å². The zero-order chi connectivity index (χ0) is 9.97. The number of aromatic nitrogens is 1. The van der Waals surface area contributed by atoms with Gasteiger partial charge in [-0.05, 0) is 28.1 Å². The molecule has 0 bridgehead atoms. The van der Waals surface area contributed by atoms with Crippen LogP contribution in [0, 0.1) is 5.92 Å². The van der Waals surface area contributed by atoms with Gasteiger partial charge in [0.05, 0.1) is 0 Å². The minimum atomic E-state index is 0.209. The third-order valence-corrected chi connectivity index (χ3v) is 2.85. The standard InChI is InChI=1S/C10H11BrN2O/c11-8-1-2-9(13-6-8)3-10(14)7-4-12-5-7/h1-2,6-7,12H,3-5H2. The molecule has 0 saturated carbocycles. The van der Waals surface area contributed by atoms with Crippen LogP contribution in [0.5, 0.6) is 0 Å². The molecule has 74 valence electrons. The summed E-state index contributed by atoms with van der Waals surface area (Å²) in [5.41, 5.74) is 0.852. The Morgan fingerprint density at radius 1 is 1.57 bits per heavy atom. The van der Waals surface area contributed by atoms with Crippen LogP contribution in [0.1, 0.15) is 5.69 Å². The zero-order valence-corrected chi connectivity index (χ0v) is 9.25. The first kappa shape index (κ1) is 9.80. The van der Waals surface area contributed by atoms with E-state index in [4.69, 9.17) is 0 Å². The first-order chi connectivity index (χ1) is 6.75. The molecule has 4 heteroatoms. The smallest absolute Gasteiger partial charge is 0.144 e. The highest BCUT2D eigenvalue weighted by Gasteiger charge is 2.24. The number of carbonyl (C=O) groups excluding carboxylic acids is 1. The monoisotopic (exact) mass is 254 g/mol. The summed E-state index contributed by atoms with van der Waals surface area (Å²) in [5.74, 6) is 0.499. The van der Waals surface area contributed by atoms with Crippen molar-refractivity contribution in [2.24, 2.45) is 5.92 Å². The van der Waals surface area contributed by atoms with Crippen LogP contribution in [0.15, 0.2) is 22.8 Å². The lowest BCUT2D eigenvalue weighted by atomic mass is 9.95. The van der Waals surface area contributed by atoms with Crippen LogP contribution in [0.2, 0.25) is 0 Å². The molecule has 3 nitrogen and oxygen atoms in total. The average molecular weight is 255 g/mol. The van der Waals surface area contributed by atoms with E-state index in [2.05, 4.69) is 26.2 Å². The van der Waals surface area contributed by atoms with Gasteiger partial charge < -0.3 is 5.32 Å². The Morgan fingerprint density at radius 2 is 2.36 bits per heavy atom. The summed E-state index contributed by atoms with van der Waals surface area (Å²) in [6, 6.07) is 3.79. The van der Waals surface area contributed by atoms with E-state index in [1.54, 1.807) is 6.20 Å². The van der Waals surface area contributed by atoms with Crippen molar-refractivity contribution in [3.05, 3.63) is 28.5 Å². The summed E-state index contributed by atoms with van der Waals surface area (Å²) in [4.78, 5) is 15.8. The van der Waals surface area contributed by atoms with Gasteiger partial charge >= 0.3 is 0 Å². The zero-order valence-electron chi connectivity index (χ0n) is 7.66. The molecule has 1 aliphatic heterocycles. The number of nitrogens with one attached hydrogen (secondary N) is 1. The van der Waals surface area contributed by atoms with Crippen LogP contribution in [0.25, 0.3) is 0 Å². The summed E-state index contributed by atoms with van der Waals surface area (Å²) in [7, 11) is 0. The molecule has 1 aromatic heterocycles.